The Balaban J connectivity index is 1.56. The summed E-state index contributed by atoms with van der Waals surface area (Å²) in [5.74, 6) is -0.996. The molecule has 0 radical (unpaired) electrons. The minimum absolute atomic E-state index is 0.0272. The van der Waals surface area contributed by atoms with Crippen molar-refractivity contribution in [1.29, 1.82) is 0 Å². The van der Waals surface area contributed by atoms with Crippen LogP contribution in [0.25, 0.3) is 0 Å². The summed E-state index contributed by atoms with van der Waals surface area (Å²) < 4.78 is 41.4. The Kier molecular flexibility index (Phi) is 6.22. The first-order valence-corrected chi connectivity index (χ1v) is 11.1. The second-order valence-corrected chi connectivity index (χ2v) is 8.76. The highest BCUT2D eigenvalue weighted by molar-refractivity contribution is 6.27. The van der Waals surface area contributed by atoms with E-state index in [1.807, 2.05) is 19.1 Å². The summed E-state index contributed by atoms with van der Waals surface area (Å²) in [6.45, 7) is 1.85. The fourth-order valence-corrected chi connectivity index (χ4v) is 4.61. The first-order chi connectivity index (χ1) is 15.2. The Bertz CT molecular complexity index is 1080. The number of hydrogen-bond acceptors (Lipinski definition) is 3. The van der Waals surface area contributed by atoms with Crippen LogP contribution in [0.5, 0.6) is 0 Å². The second-order valence-electron chi connectivity index (χ2n) is 8.76. The predicted molar refractivity (Wildman–Crippen MR) is 118 cm³/mol. The lowest BCUT2D eigenvalue weighted by Crippen LogP contribution is -2.23. The summed E-state index contributed by atoms with van der Waals surface area (Å²) in [7, 11) is 0. The molecule has 0 unspecified atom stereocenters. The zero-order valence-electron chi connectivity index (χ0n) is 18.0. The van der Waals surface area contributed by atoms with E-state index >= 15 is 0 Å². The average Bonchev–Trinajstić information content (AvgIpc) is 2.75. The number of ketones is 2. The molecular weight excluding hydrogens is 415 g/mol. The van der Waals surface area contributed by atoms with Gasteiger partial charge < -0.3 is 5.32 Å². The number of nitrogens with one attached hydrogen (secondary N) is 1. The van der Waals surface area contributed by atoms with Crippen LogP contribution in [0.1, 0.15) is 64.7 Å². The smallest absolute Gasteiger partial charge is 0.382 e. The van der Waals surface area contributed by atoms with Gasteiger partial charge in [0.05, 0.1) is 11.1 Å². The molecule has 1 saturated carbocycles. The number of carbonyl (C=O) groups excluding carboxylic acids is 2. The molecule has 0 heterocycles. The van der Waals surface area contributed by atoms with Crippen molar-refractivity contribution in [2.75, 3.05) is 5.32 Å². The number of Topliss-reactive ketones (excluding diaryl/α,β-unsaturated/α-hetero) is 2. The van der Waals surface area contributed by atoms with Gasteiger partial charge in [-0.1, -0.05) is 49.1 Å². The van der Waals surface area contributed by atoms with E-state index in [1.165, 1.54) is 12.1 Å². The predicted octanol–water partition coefficient (Wildman–Crippen LogP) is 6.24. The summed E-state index contributed by atoms with van der Waals surface area (Å²) in [5, 5.41) is 3.21. The van der Waals surface area contributed by atoms with Crippen LogP contribution in [0.2, 0.25) is 0 Å². The molecule has 2 aliphatic carbocycles. The van der Waals surface area contributed by atoms with E-state index in [-0.39, 0.29) is 17.2 Å². The van der Waals surface area contributed by atoms with Gasteiger partial charge in [-0.2, -0.15) is 13.2 Å². The zero-order chi connectivity index (χ0) is 22.9. The van der Waals surface area contributed by atoms with E-state index in [2.05, 4.69) is 5.32 Å². The number of benzene rings is 2. The Morgan fingerprint density at radius 1 is 1.06 bits per heavy atom. The molecule has 2 aromatic carbocycles. The van der Waals surface area contributed by atoms with Gasteiger partial charge in [-0.05, 0) is 55.5 Å². The van der Waals surface area contributed by atoms with Crippen molar-refractivity contribution in [2.24, 2.45) is 0 Å². The minimum atomic E-state index is -4.59. The van der Waals surface area contributed by atoms with Crippen LogP contribution in [0.4, 0.5) is 18.9 Å². The minimum Gasteiger partial charge on any atom is -0.382 e. The number of carbonyl (C=O) groups is 2. The fraction of sp³-hybridized carbons (Fsp3) is 0.385. The molecule has 6 heteroatoms. The lowest BCUT2D eigenvalue weighted by Gasteiger charge is -2.25. The molecule has 0 amide bonds. The SMILES string of the molecule is Cc1ccc2c(c1)C(=O)C(C(=O)Cc1ccc(NC3CCCCC3)cc1C(F)(F)F)=CC2. The Morgan fingerprint density at radius 2 is 1.81 bits per heavy atom. The molecule has 168 valence electrons. The van der Waals surface area contributed by atoms with E-state index in [0.29, 0.717) is 17.7 Å². The average molecular weight is 441 g/mol. The van der Waals surface area contributed by atoms with Crippen molar-refractivity contribution in [3.63, 3.8) is 0 Å². The van der Waals surface area contributed by atoms with E-state index in [0.717, 1.165) is 49.3 Å². The monoisotopic (exact) mass is 441 g/mol. The molecule has 0 atom stereocenters. The van der Waals surface area contributed by atoms with E-state index in [1.54, 1.807) is 12.1 Å². The molecule has 3 nitrogen and oxygen atoms in total. The Labute approximate surface area is 185 Å². The Morgan fingerprint density at radius 3 is 2.53 bits per heavy atom. The Hall–Kier alpha value is -2.89. The summed E-state index contributed by atoms with van der Waals surface area (Å²) in [6.07, 6.45) is 2.09. The van der Waals surface area contributed by atoms with Crippen molar-refractivity contribution < 1.29 is 22.8 Å². The lowest BCUT2D eigenvalue weighted by molar-refractivity contribution is -0.138. The van der Waals surface area contributed by atoms with Gasteiger partial charge in [-0.25, -0.2) is 0 Å². The molecule has 1 fully saturated rings. The molecule has 0 aliphatic heterocycles. The lowest BCUT2D eigenvalue weighted by atomic mass is 9.85. The van der Waals surface area contributed by atoms with Crippen LogP contribution < -0.4 is 5.32 Å². The largest absolute Gasteiger partial charge is 0.416 e. The quantitative estimate of drug-likeness (QED) is 0.559. The summed E-state index contributed by atoms with van der Waals surface area (Å²) in [6, 6.07) is 9.69. The van der Waals surface area contributed by atoms with Crippen molar-refractivity contribution >= 4 is 17.3 Å². The van der Waals surface area contributed by atoms with Gasteiger partial charge in [-0.3, -0.25) is 9.59 Å². The van der Waals surface area contributed by atoms with Crippen molar-refractivity contribution in [3.05, 3.63) is 75.9 Å². The number of allylic oxidation sites excluding steroid dienone is 2. The van der Waals surface area contributed by atoms with Gasteiger partial charge in [0.15, 0.2) is 11.6 Å². The molecule has 0 bridgehead atoms. The maximum Gasteiger partial charge on any atom is 0.416 e. The van der Waals surface area contributed by atoms with Crippen LogP contribution in [-0.4, -0.2) is 17.6 Å². The number of fused-ring (bicyclic) bond motifs is 1. The molecule has 2 aliphatic rings. The van der Waals surface area contributed by atoms with Crippen molar-refractivity contribution in [2.45, 2.75) is 64.1 Å². The van der Waals surface area contributed by atoms with Crippen molar-refractivity contribution in [1.82, 2.24) is 0 Å². The third-order valence-electron chi connectivity index (χ3n) is 6.32. The van der Waals surface area contributed by atoms with Gasteiger partial charge in [0, 0.05) is 23.7 Å². The molecule has 0 spiro atoms. The molecule has 2 aromatic rings. The highest BCUT2D eigenvalue weighted by Gasteiger charge is 2.35. The number of alkyl halides is 3. The first-order valence-electron chi connectivity index (χ1n) is 11.1. The van der Waals surface area contributed by atoms with Crippen LogP contribution >= 0.6 is 0 Å². The highest BCUT2D eigenvalue weighted by atomic mass is 19.4. The fourth-order valence-electron chi connectivity index (χ4n) is 4.61. The third kappa shape index (κ3) is 4.79. The third-order valence-corrected chi connectivity index (χ3v) is 6.32. The van der Waals surface area contributed by atoms with Crippen LogP contribution in [0, 0.1) is 6.92 Å². The molecule has 1 N–H and O–H groups in total. The second kappa shape index (κ2) is 8.93. The topological polar surface area (TPSA) is 46.2 Å². The standard InChI is InChI=1S/C26H26F3NO2/c1-16-7-8-17-10-12-21(25(32)22(17)13-16)24(31)14-18-9-11-20(15-23(18)26(27,28)29)30-19-5-3-2-4-6-19/h7-9,11-13,15,19,30H,2-6,10,14H2,1H3. The number of rotatable bonds is 5. The van der Waals surface area contributed by atoms with Gasteiger partial charge >= 0.3 is 6.18 Å². The zero-order valence-corrected chi connectivity index (χ0v) is 18.0. The summed E-state index contributed by atoms with van der Waals surface area (Å²) >= 11 is 0. The maximum atomic E-state index is 13.8. The van der Waals surface area contributed by atoms with E-state index in [4.69, 9.17) is 0 Å². The molecule has 0 saturated heterocycles. The van der Waals surface area contributed by atoms with Crippen LogP contribution in [0.15, 0.2) is 48.0 Å². The number of anilines is 1. The van der Waals surface area contributed by atoms with Gasteiger partial charge in [0.25, 0.3) is 0 Å². The van der Waals surface area contributed by atoms with Gasteiger partial charge in [0.1, 0.15) is 0 Å². The molecule has 32 heavy (non-hydrogen) atoms. The molecule has 4 rings (SSSR count). The van der Waals surface area contributed by atoms with Crippen LogP contribution in [-0.2, 0) is 23.8 Å². The van der Waals surface area contributed by atoms with Gasteiger partial charge in [-0.15, -0.1) is 0 Å². The number of aryl methyl sites for hydroxylation is 1. The number of halogens is 3. The van der Waals surface area contributed by atoms with Crippen LogP contribution in [0.3, 0.4) is 0 Å². The normalized spacial score (nSPS) is 17.0. The first kappa shape index (κ1) is 22.3. The number of hydrogen-bond donors (Lipinski definition) is 1. The molecule has 0 aromatic heterocycles. The highest BCUT2D eigenvalue weighted by Crippen LogP contribution is 2.35. The summed E-state index contributed by atoms with van der Waals surface area (Å²) in [5.41, 5.74) is 1.63. The van der Waals surface area contributed by atoms with Crippen molar-refractivity contribution in [3.8, 4) is 0 Å². The van der Waals surface area contributed by atoms with E-state index in [9.17, 15) is 22.8 Å². The van der Waals surface area contributed by atoms with Gasteiger partial charge in [0.2, 0.25) is 0 Å². The maximum absolute atomic E-state index is 13.8. The van der Waals surface area contributed by atoms with E-state index < -0.39 is 29.7 Å². The molecular formula is C26H26F3NO2. The summed E-state index contributed by atoms with van der Waals surface area (Å²) in [4.78, 5) is 25.7.